The largest absolute Gasteiger partial charge is 0.467 e. The Hall–Kier alpha value is -1.78. The van der Waals surface area contributed by atoms with E-state index in [0.29, 0.717) is 19.5 Å². The van der Waals surface area contributed by atoms with Gasteiger partial charge in [0.1, 0.15) is 5.76 Å². The number of carbonyl (C=O) groups is 2. The van der Waals surface area contributed by atoms with Crippen LogP contribution in [0.25, 0.3) is 0 Å². The maximum absolute atomic E-state index is 12.7. The molecule has 0 unspecified atom stereocenters. The van der Waals surface area contributed by atoms with Crippen molar-refractivity contribution in [2.45, 2.75) is 46.2 Å². The third-order valence-corrected chi connectivity index (χ3v) is 5.64. The van der Waals surface area contributed by atoms with E-state index >= 15 is 0 Å². The Morgan fingerprint density at radius 2 is 2.09 bits per heavy atom. The Morgan fingerprint density at radius 1 is 1.36 bits per heavy atom. The standard InChI is InChI=1S/C17H24N2O3/c1-16(2)11-19(17(16,3)4)15(21)12-8-14(20)18(9-12)10-13-6-5-7-22-13/h5-7,12H,8-11H2,1-4H3/t12-/m1/s1. The molecule has 22 heavy (non-hydrogen) atoms. The molecule has 0 bridgehead atoms. The Balaban J connectivity index is 1.65. The number of rotatable bonds is 3. The summed E-state index contributed by atoms with van der Waals surface area (Å²) in [6, 6.07) is 3.66. The molecule has 1 atom stereocenters. The molecule has 120 valence electrons. The number of hydrogen-bond acceptors (Lipinski definition) is 3. The fourth-order valence-electron chi connectivity index (χ4n) is 3.32. The molecule has 0 saturated carbocycles. The van der Waals surface area contributed by atoms with Gasteiger partial charge in [0.05, 0.1) is 18.7 Å². The van der Waals surface area contributed by atoms with E-state index in [9.17, 15) is 9.59 Å². The van der Waals surface area contributed by atoms with Gasteiger partial charge in [0.15, 0.2) is 0 Å². The summed E-state index contributed by atoms with van der Waals surface area (Å²) >= 11 is 0. The molecule has 5 nitrogen and oxygen atoms in total. The minimum Gasteiger partial charge on any atom is -0.467 e. The molecule has 0 spiro atoms. The van der Waals surface area contributed by atoms with Crippen molar-refractivity contribution in [3.8, 4) is 0 Å². The molecule has 1 aromatic rings. The molecule has 0 radical (unpaired) electrons. The molecule has 2 amide bonds. The van der Waals surface area contributed by atoms with Crippen molar-refractivity contribution >= 4 is 11.8 Å². The topological polar surface area (TPSA) is 53.8 Å². The van der Waals surface area contributed by atoms with Crippen LogP contribution < -0.4 is 0 Å². The highest BCUT2D eigenvalue weighted by Crippen LogP contribution is 2.47. The third kappa shape index (κ3) is 2.23. The summed E-state index contributed by atoms with van der Waals surface area (Å²) in [5, 5.41) is 0. The van der Waals surface area contributed by atoms with Crippen LogP contribution in [0.5, 0.6) is 0 Å². The van der Waals surface area contributed by atoms with Crippen LogP contribution in [0, 0.1) is 11.3 Å². The maximum Gasteiger partial charge on any atom is 0.228 e. The van der Waals surface area contributed by atoms with E-state index in [1.54, 1.807) is 11.2 Å². The lowest BCUT2D eigenvalue weighted by Gasteiger charge is -2.61. The predicted molar refractivity (Wildman–Crippen MR) is 81.8 cm³/mol. The van der Waals surface area contributed by atoms with E-state index in [0.717, 1.165) is 12.3 Å². The van der Waals surface area contributed by atoms with Gasteiger partial charge in [-0.1, -0.05) is 13.8 Å². The van der Waals surface area contributed by atoms with Crippen molar-refractivity contribution < 1.29 is 14.0 Å². The molecule has 3 heterocycles. The van der Waals surface area contributed by atoms with Crippen LogP contribution in [-0.4, -0.2) is 40.2 Å². The van der Waals surface area contributed by atoms with Crippen molar-refractivity contribution in [2.24, 2.45) is 11.3 Å². The van der Waals surface area contributed by atoms with Crippen molar-refractivity contribution in [2.75, 3.05) is 13.1 Å². The lowest BCUT2D eigenvalue weighted by Crippen LogP contribution is -2.71. The smallest absolute Gasteiger partial charge is 0.228 e. The monoisotopic (exact) mass is 304 g/mol. The average Bonchev–Trinajstić information content (AvgIpc) is 3.07. The van der Waals surface area contributed by atoms with Crippen LogP contribution in [0.15, 0.2) is 22.8 Å². The summed E-state index contributed by atoms with van der Waals surface area (Å²) in [4.78, 5) is 28.5. The van der Waals surface area contributed by atoms with Gasteiger partial charge in [-0.3, -0.25) is 9.59 Å². The van der Waals surface area contributed by atoms with Gasteiger partial charge in [-0.05, 0) is 26.0 Å². The Morgan fingerprint density at radius 3 is 2.64 bits per heavy atom. The van der Waals surface area contributed by atoms with Gasteiger partial charge in [0.25, 0.3) is 0 Å². The quantitative estimate of drug-likeness (QED) is 0.861. The Labute approximate surface area is 131 Å². The van der Waals surface area contributed by atoms with Crippen LogP contribution in [0.2, 0.25) is 0 Å². The lowest BCUT2D eigenvalue weighted by atomic mass is 9.65. The van der Waals surface area contributed by atoms with Gasteiger partial charge in [-0.15, -0.1) is 0 Å². The van der Waals surface area contributed by atoms with Gasteiger partial charge in [-0.25, -0.2) is 0 Å². The zero-order valence-electron chi connectivity index (χ0n) is 13.8. The number of carbonyl (C=O) groups excluding carboxylic acids is 2. The number of nitrogens with zero attached hydrogens (tertiary/aromatic N) is 2. The summed E-state index contributed by atoms with van der Waals surface area (Å²) in [6.45, 7) is 10.3. The second-order valence-corrected chi connectivity index (χ2v) is 7.62. The Kier molecular flexibility index (Phi) is 3.34. The molecule has 2 aliphatic rings. The minimum atomic E-state index is -0.224. The molecule has 3 rings (SSSR count). The fourth-order valence-corrected chi connectivity index (χ4v) is 3.32. The molecule has 0 aromatic carbocycles. The zero-order valence-corrected chi connectivity index (χ0v) is 13.8. The molecule has 1 aromatic heterocycles. The molecule has 0 aliphatic carbocycles. The maximum atomic E-state index is 12.7. The minimum absolute atomic E-state index is 0.0346. The van der Waals surface area contributed by atoms with Gasteiger partial charge < -0.3 is 14.2 Å². The number of hydrogen-bond donors (Lipinski definition) is 0. The second-order valence-electron chi connectivity index (χ2n) is 7.62. The highest BCUT2D eigenvalue weighted by molar-refractivity contribution is 5.90. The Bertz CT molecular complexity index is 589. The first-order valence-electron chi connectivity index (χ1n) is 7.84. The second kappa shape index (κ2) is 4.86. The van der Waals surface area contributed by atoms with E-state index in [2.05, 4.69) is 27.7 Å². The van der Waals surface area contributed by atoms with Crippen LogP contribution in [0.1, 0.15) is 39.9 Å². The predicted octanol–water partition coefficient (Wildman–Crippen LogP) is 2.28. The van der Waals surface area contributed by atoms with Crippen molar-refractivity contribution in [3.63, 3.8) is 0 Å². The van der Waals surface area contributed by atoms with E-state index in [4.69, 9.17) is 4.42 Å². The van der Waals surface area contributed by atoms with Gasteiger partial charge in [-0.2, -0.15) is 0 Å². The van der Waals surface area contributed by atoms with Crippen LogP contribution in [0.3, 0.4) is 0 Å². The van der Waals surface area contributed by atoms with Crippen molar-refractivity contribution in [3.05, 3.63) is 24.2 Å². The molecular formula is C17H24N2O3. The molecule has 5 heteroatoms. The van der Waals surface area contributed by atoms with Crippen molar-refractivity contribution in [1.82, 2.24) is 9.80 Å². The summed E-state index contributed by atoms with van der Waals surface area (Å²) in [7, 11) is 0. The van der Waals surface area contributed by atoms with E-state index in [1.165, 1.54) is 0 Å². The highest BCUT2D eigenvalue weighted by Gasteiger charge is 2.56. The van der Waals surface area contributed by atoms with Crippen LogP contribution in [-0.2, 0) is 16.1 Å². The molecular weight excluding hydrogens is 280 g/mol. The molecule has 2 fully saturated rings. The third-order valence-electron chi connectivity index (χ3n) is 5.64. The summed E-state index contributed by atoms with van der Waals surface area (Å²) in [5.74, 6) is 0.677. The van der Waals surface area contributed by atoms with Crippen molar-refractivity contribution in [1.29, 1.82) is 0 Å². The van der Waals surface area contributed by atoms with Crippen LogP contribution in [0.4, 0.5) is 0 Å². The van der Waals surface area contributed by atoms with E-state index in [-0.39, 0.29) is 28.7 Å². The normalized spacial score (nSPS) is 26.2. The molecule has 0 N–H and O–H groups in total. The summed E-state index contributed by atoms with van der Waals surface area (Å²) in [6.07, 6.45) is 1.91. The fraction of sp³-hybridized carbons (Fsp3) is 0.647. The molecule has 2 saturated heterocycles. The number of furan rings is 1. The summed E-state index contributed by atoms with van der Waals surface area (Å²) in [5.41, 5.74) is -0.0271. The van der Waals surface area contributed by atoms with Gasteiger partial charge >= 0.3 is 0 Å². The first-order chi connectivity index (χ1) is 10.2. The van der Waals surface area contributed by atoms with Gasteiger partial charge in [0, 0.05) is 30.5 Å². The first-order valence-corrected chi connectivity index (χ1v) is 7.84. The van der Waals surface area contributed by atoms with Gasteiger partial charge in [0.2, 0.25) is 11.8 Å². The first kappa shape index (κ1) is 15.1. The number of likely N-dealkylation sites (tertiary alicyclic amines) is 2. The number of amides is 2. The SMILES string of the molecule is CC1(C)CN(C(=O)[C@@H]2CC(=O)N(Cc3ccco3)C2)C1(C)C. The van der Waals surface area contributed by atoms with E-state index < -0.39 is 0 Å². The van der Waals surface area contributed by atoms with Crippen LogP contribution >= 0.6 is 0 Å². The highest BCUT2D eigenvalue weighted by atomic mass is 16.3. The summed E-state index contributed by atoms with van der Waals surface area (Å²) < 4.78 is 5.29. The zero-order chi connectivity index (χ0) is 16.1. The van der Waals surface area contributed by atoms with E-state index in [1.807, 2.05) is 17.0 Å². The lowest BCUT2D eigenvalue weighted by molar-refractivity contribution is -0.171. The average molecular weight is 304 g/mol. The molecule has 2 aliphatic heterocycles.